The van der Waals surface area contributed by atoms with E-state index in [1.165, 1.54) is 0 Å². The summed E-state index contributed by atoms with van der Waals surface area (Å²) in [6, 6.07) is 35.2. The molecule has 0 spiro atoms. The first-order chi connectivity index (χ1) is 18.0. The number of ether oxygens (including phenoxy) is 1. The maximum atomic E-state index is 13.3. The summed E-state index contributed by atoms with van der Waals surface area (Å²) >= 11 is 0. The molecule has 0 amide bonds. The number of benzene rings is 4. The molecule has 4 rings (SSSR count). The predicted octanol–water partition coefficient (Wildman–Crippen LogP) is 1.69. The lowest BCUT2D eigenvalue weighted by atomic mass is 9.91. The summed E-state index contributed by atoms with van der Waals surface area (Å²) in [4.78, 5) is 26.1. The number of rotatable bonds is 11. The number of hydrogen-bond donors (Lipinski definition) is 2. The van der Waals surface area contributed by atoms with E-state index in [1.54, 1.807) is 24.3 Å². The summed E-state index contributed by atoms with van der Waals surface area (Å²) in [5, 5.41) is 12.5. The Morgan fingerprint density at radius 1 is 0.763 bits per heavy atom. The molecule has 0 saturated carbocycles. The highest BCUT2D eigenvalue weighted by Crippen LogP contribution is 2.27. The molecule has 0 radical (unpaired) electrons. The smallest absolute Gasteiger partial charge is 0.323 e. The second kappa shape index (κ2) is 14.2. The van der Waals surface area contributed by atoms with Crippen LogP contribution >= 0.6 is 0 Å². The summed E-state index contributed by atoms with van der Waals surface area (Å²) in [5.41, 5.74) is 3.03. The second-order valence-electron chi connectivity index (χ2n) is 9.12. The van der Waals surface area contributed by atoms with E-state index in [9.17, 15) is 14.7 Å². The zero-order valence-electron chi connectivity index (χ0n) is 21.2. The van der Waals surface area contributed by atoms with Gasteiger partial charge in [0.15, 0.2) is 5.78 Å². The number of halogens is 1. The summed E-state index contributed by atoms with van der Waals surface area (Å²) in [7, 11) is 0. The van der Waals surface area contributed by atoms with E-state index in [1.807, 2.05) is 103 Å². The topological polar surface area (TPSA) is 80.2 Å². The molecular weight excluding hydrogens is 498 g/mol. The Kier molecular flexibility index (Phi) is 10.8. The number of Topliss-reactive ketones (excluding diaryl/α,β-unsaturated/α-hetero) is 1. The molecule has 4 aromatic carbocycles. The van der Waals surface area contributed by atoms with Gasteiger partial charge >= 0.3 is 5.97 Å². The maximum Gasteiger partial charge on any atom is 0.323 e. The van der Waals surface area contributed by atoms with Crippen molar-refractivity contribution in [2.45, 2.75) is 31.4 Å². The zero-order chi connectivity index (χ0) is 26.0. The van der Waals surface area contributed by atoms with Crippen molar-refractivity contribution in [3.8, 4) is 5.75 Å². The van der Waals surface area contributed by atoms with Crippen molar-refractivity contribution in [1.82, 2.24) is 0 Å². The second-order valence-corrected chi connectivity index (χ2v) is 9.12. The van der Waals surface area contributed by atoms with Crippen LogP contribution in [0.2, 0.25) is 0 Å². The van der Waals surface area contributed by atoms with Gasteiger partial charge in [-0.1, -0.05) is 103 Å². The molecule has 0 aromatic heterocycles. The van der Waals surface area contributed by atoms with Gasteiger partial charge in [0.1, 0.15) is 23.8 Å². The first kappa shape index (κ1) is 28.8. The molecule has 2 unspecified atom stereocenters. The highest BCUT2D eigenvalue weighted by Gasteiger charge is 2.25. The quantitative estimate of drug-likeness (QED) is 0.176. The number of quaternary nitrogens is 1. The van der Waals surface area contributed by atoms with Crippen LogP contribution in [0.5, 0.6) is 5.75 Å². The van der Waals surface area contributed by atoms with Crippen LogP contribution in [-0.4, -0.2) is 29.4 Å². The lowest BCUT2D eigenvalue weighted by Crippen LogP contribution is -3.00. The molecule has 0 aliphatic rings. The highest BCUT2D eigenvalue weighted by atomic mass is 35.5. The van der Waals surface area contributed by atoms with Gasteiger partial charge in [-0.15, -0.1) is 0 Å². The van der Waals surface area contributed by atoms with Gasteiger partial charge in [-0.2, -0.15) is 0 Å². The number of carbonyl (C=O) groups excluding carboxylic acids is 2. The molecule has 5 nitrogen and oxygen atoms in total. The molecule has 3 N–H and O–H groups in total. The first-order valence-electron chi connectivity index (χ1n) is 12.5. The number of hydrogen-bond acceptors (Lipinski definition) is 4. The van der Waals surface area contributed by atoms with Crippen molar-refractivity contribution in [1.29, 1.82) is 0 Å². The lowest BCUT2D eigenvalue weighted by molar-refractivity contribution is -0.693. The van der Waals surface area contributed by atoms with Crippen molar-refractivity contribution in [2.75, 3.05) is 6.54 Å². The van der Waals surface area contributed by atoms with E-state index in [-0.39, 0.29) is 24.2 Å². The number of aliphatic hydroxyl groups excluding tert-OH is 1. The summed E-state index contributed by atoms with van der Waals surface area (Å²) < 4.78 is 5.77. The van der Waals surface area contributed by atoms with E-state index in [0.29, 0.717) is 24.3 Å². The van der Waals surface area contributed by atoms with Gasteiger partial charge in [-0.25, -0.2) is 0 Å². The standard InChI is InChI=1S/C32H31NO4.ClH/c1-23(31(35)26-16-9-4-10-17-26)33-21-20-29(34)27-18-11-19-28(22-27)37-32(36)30(24-12-5-2-6-13-24)25-14-7-3-8-15-25;/h2-19,22-23,30-31,33,35H,20-21H2,1H3;1H. The molecule has 196 valence electrons. The predicted molar refractivity (Wildman–Crippen MR) is 143 cm³/mol. The van der Waals surface area contributed by atoms with E-state index in [4.69, 9.17) is 4.74 Å². The van der Waals surface area contributed by atoms with Crippen molar-refractivity contribution in [2.24, 2.45) is 0 Å². The summed E-state index contributed by atoms with van der Waals surface area (Å²) in [6.45, 7) is 2.48. The molecule has 0 aliphatic heterocycles. The van der Waals surface area contributed by atoms with Gasteiger partial charge in [0.05, 0.1) is 13.0 Å². The minimum absolute atomic E-state index is 0. The molecule has 4 aromatic rings. The Morgan fingerprint density at radius 3 is 1.84 bits per heavy atom. The average molecular weight is 530 g/mol. The number of ketones is 1. The third-order valence-electron chi connectivity index (χ3n) is 6.42. The lowest BCUT2D eigenvalue weighted by Gasteiger charge is -2.18. The number of carbonyl (C=O) groups is 2. The molecule has 38 heavy (non-hydrogen) atoms. The van der Waals surface area contributed by atoms with E-state index < -0.39 is 18.0 Å². The summed E-state index contributed by atoms with van der Waals surface area (Å²) in [5.74, 6) is -0.685. The third-order valence-corrected chi connectivity index (χ3v) is 6.42. The van der Waals surface area contributed by atoms with Crippen LogP contribution in [0.25, 0.3) is 0 Å². The van der Waals surface area contributed by atoms with Crippen molar-refractivity contribution in [3.63, 3.8) is 0 Å². The van der Waals surface area contributed by atoms with Gasteiger partial charge < -0.3 is 27.6 Å². The van der Waals surface area contributed by atoms with E-state index in [2.05, 4.69) is 0 Å². The molecule has 6 heteroatoms. The van der Waals surface area contributed by atoms with Crippen molar-refractivity contribution >= 4 is 11.8 Å². The van der Waals surface area contributed by atoms with Crippen LogP contribution in [0.15, 0.2) is 115 Å². The van der Waals surface area contributed by atoms with Crippen LogP contribution in [0.4, 0.5) is 0 Å². The van der Waals surface area contributed by atoms with Crippen LogP contribution in [-0.2, 0) is 4.79 Å². The number of esters is 1. The molecule has 0 bridgehead atoms. The fourth-order valence-corrected chi connectivity index (χ4v) is 4.37. The molecular formula is C32H32ClNO4. The van der Waals surface area contributed by atoms with Crippen molar-refractivity contribution in [3.05, 3.63) is 138 Å². The number of aliphatic hydroxyl groups is 1. The molecule has 0 fully saturated rings. The Labute approximate surface area is 229 Å². The van der Waals surface area contributed by atoms with Crippen LogP contribution in [0.1, 0.15) is 52.4 Å². The Hall–Kier alpha value is -3.77. The Bertz CT molecular complexity index is 1260. The van der Waals surface area contributed by atoms with Gasteiger partial charge in [0.25, 0.3) is 0 Å². The Balaban J connectivity index is 0.00000400. The van der Waals surface area contributed by atoms with E-state index >= 15 is 0 Å². The molecule has 0 saturated heterocycles. The SMILES string of the molecule is CC([NH2+]CCC(=O)c1cccc(OC(=O)C(c2ccccc2)c2ccccc2)c1)C(O)c1ccccc1.[Cl-]. The Morgan fingerprint density at radius 2 is 1.29 bits per heavy atom. The normalized spacial score (nSPS) is 12.3. The fourth-order valence-electron chi connectivity index (χ4n) is 4.37. The van der Waals surface area contributed by atoms with E-state index in [0.717, 1.165) is 16.7 Å². The summed E-state index contributed by atoms with van der Waals surface area (Å²) in [6.07, 6.45) is -0.305. The first-order valence-corrected chi connectivity index (χ1v) is 12.5. The highest BCUT2D eigenvalue weighted by molar-refractivity contribution is 5.96. The molecule has 0 heterocycles. The van der Waals surface area contributed by atoms with Gasteiger partial charge in [0, 0.05) is 5.56 Å². The molecule has 0 aliphatic carbocycles. The molecule has 2 atom stereocenters. The minimum Gasteiger partial charge on any atom is -1.00 e. The largest absolute Gasteiger partial charge is 1.00 e. The van der Waals surface area contributed by atoms with Crippen LogP contribution in [0, 0.1) is 0 Å². The maximum absolute atomic E-state index is 13.3. The van der Waals surface area contributed by atoms with Crippen molar-refractivity contribution < 1.29 is 37.2 Å². The zero-order valence-corrected chi connectivity index (χ0v) is 22.0. The minimum atomic E-state index is -0.610. The van der Waals surface area contributed by atoms with Gasteiger partial charge in [-0.3, -0.25) is 9.59 Å². The van der Waals surface area contributed by atoms with Crippen LogP contribution in [0.3, 0.4) is 0 Å². The fraction of sp³-hybridized carbons (Fsp3) is 0.188. The van der Waals surface area contributed by atoms with Crippen LogP contribution < -0.4 is 22.5 Å². The van der Waals surface area contributed by atoms with Gasteiger partial charge in [0.2, 0.25) is 0 Å². The number of nitrogens with two attached hydrogens (primary N) is 1. The third kappa shape index (κ3) is 7.62. The van der Waals surface area contributed by atoms with Gasteiger partial charge in [-0.05, 0) is 35.7 Å². The monoisotopic (exact) mass is 529 g/mol. The average Bonchev–Trinajstić information content (AvgIpc) is 2.94.